The third kappa shape index (κ3) is 4.79. The van der Waals surface area contributed by atoms with E-state index in [1.807, 2.05) is 37.3 Å². The lowest BCUT2D eigenvalue weighted by atomic mass is 9.99. The molecule has 0 heterocycles. The number of hydrogen-bond acceptors (Lipinski definition) is 5. The molecular formula is C18H21NO5S. The summed E-state index contributed by atoms with van der Waals surface area (Å²) in [6, 6.07) is 9.98. The van der Waals surface area contributed by atoms with Gasteiger partial charge in [0.15, 0.2) is 0 Å². The molecule has 7 heteroatoms. The van der Waals surface area contributed by atoms with Crippen LogP contribution in [0.5, 0.6) is 0 Å². The fourth-order valence-corrected chi connectivity index (χ4v) is 3.27. The van der Waals surface area contributed by atoms with Crippen molar-refractivity contribution in [2.45, 2.75) is 19.4 Å². The van der Waals surface area contributed by atoms with Crippen molar-refractivity contribution in [1.82, 2.24) is 5.32 Å². The topological polar surface area (TPSA) is 89.5 Å². The molecule has 0 saturated heterocycles. The molecule has 1 amide bonds. The Bertz CT molecular complexity index is 905. The summed E-state index contributed by atoms with van der Waals surface area (Å²) in [7, 11) is -2.06. The number of benzene rings is 2. The van der Waals surface area contributed by atoms with E-state index in [0.717, 1.165) is 22.6 Å². The molecule has 0 radical (unpaired) electrons. The van der Waals surface area contributed by atoms with E-state index in [1.54, 1.807) is 6.07 Å². The number of carbonyl (C=O) groups excluding carboxylic acids is 2. The average molecular weight is 363 g/mol. The summed E-state index contributed by atoms with van der Waals surface area (Å²) in [5, 5.41) is 4.31. The number of sulfone groups is 1. The van der Waals surface area contributed by atoms with Crippen LogP contribution in [-0.4, -0.2) is 45.5 Å². The maximum absolute atomic E-state index is 12.7. The highest BCUT2D eigenvalue weighted by Crippen LogP contribution is 2.22. The highest BCUT2D eigenvalue weighted by Gasteiger charge is 2.24. The minimum absolute atomic E-state index is 0.0406. The van der Waals surface area contributed by atoms with Crippen LogP contribution in [0.2, 0.25) is 0 Å². The van der Waals surface area contributed by atoms with Gasteiger partial charge >= 0.3 is 5.97 Å². The van der Waals surface area contributed by atoms with Gasteiger partial charge in [0.2, 0.25) is 0 Å². The second kappa shape index (κ2) is 7.65. The fourth-order valence-electron chi connectivity index (χ4n) is 2.61. The van der Waals surface area contributed by atoms with Crippen LogP contribution in [0.3, 0.4) is 0 Å². The van der Waals surface area contributed by atoms with Crippen LogP contribution >= 0.6 is 0 Å². The number of aryl methyl sites for hydroxylation is 1. The van der Waals surface area contributed by atoms with E-state index in [-0.39, 0.29) is 12.2 Å². The molecule has 0 spiro atoms. The first-order valence-corrected chi connectivity index (χ1v) is 9.84. The van der Waals surface area contributed by atoms with Crippen LogP contribution in [0.15, 0.2) is 36.4 Å². The summed E-state index contributed by atoms with van der Waals surface area (Å²) in [4.78, 5) is 24.5. The van der Waals surface area contributed by atoms with Crippen molar-refractivity contribution in [2.75, 3.05) is 19.1 Å². The van der Waals surface area contributed by atoms with Gasteiger partial charge in [-0.1, -0.05) is 30.3 Å². The van der Waals surface area contributed by atoms with Crippen LogP contribution in [0.25, 0.3) is 10.8 Å². The second-order valence-electron chi connectivity index (χ2n) is 5.94. The second-order valence-corrected chi connectivity index (χ2v) is 8.20. The fraction of sp³-hybridized carbons (Fsp3) is 0.333. The molecule has 0 unspecified atom stereocenters. The minimum Gasteiger partial charge on any atom is -0.467 e. The number of nitrogens with one attached hydrogen (secondary N) is 1. The lowest BCUT2D eigenvalue weighted by molar-refractivity contribution is -0.142. The molecule has 2 rings (SSSR count). The lowest BCUT2D eigenvalue weighted by Crippen LogP contribution is -2.42. The number of esters is 1. The quantitative estimate of drug-likeness (QED) is 0.791. The standard InChI is InChI=1S/C18H21NO5S/c1-12-8-9-15(14-7-5-4-6-13(12)14)17(20)19-16(18(21)24-2)10-11-25(3,22)23/h4-9,16H,10-11H2,1-3H3,(H,19,20)/t16-/m0/s1. The summed E-state index contributed by atoms with van der Waals surface area (Å²) in [6.45, 7) is 1.95. The van der Waals surface area contributed by atoms with Gasteiger partial charge in [0.25, 0.3) is 5.91 Å². The zero-order valence-corrected chi connectivity index (χ0v) is 15.2. The summed E-state index contributed by atoms with van der Waals surface area (Å²) in [5.41, 5.74) is 1.46. The van der Waals surface area contributed by atoms with Crippen molar-refractivity contribution in [2.24, 2.45) is 0 Å². The number of amides is 1. The zero-order chi connectivity index (χ0) is 18.6. The highest BCUT2D eigenvalue weighted by molar-refractivity contribution is 7.90. The molecule has 0 saturated carbocycles. The number of ether oxygens (including phenoxy) is 1. The monoisotopic (exact) mass is 363 g/mol. The number of rotatable bonds is 6. The minimum atomic E-state index is -3.26. The molecule has 0 bridgehead atoms. The Morgan fingerprint density at radius 3 is 2.36 bits per heavy atom. The lowest BCUT2D eigenvalue weighted by Gasteiger charge is -2.17. The third-order valence-electron chi connectivity index (χ3n) is 3.96. The molecule has 0 fully saturated rings. The number of methoxy groups -OCH3 is 1. The van der Waals surface area contributed by atoms with Gasteiger partial charge in [-0.2, -0.15) is 0 Å². The van der Waals surface area contributed by atoms with Crippen LogP contribution in [0.1, 0.15) is 22.3 Å². The maximum Gasteiger partial charge on any atom is 0.328 e. The van der Waals surface area contributed by atoms with Crippen molar-refractivity contribution in [3.05, 3.63) is 47.5 Å². The van der Waals surface area contributed by atoms with Crippen molar-refractivity contribution < 1.29 is 22.7 Å². The number of carbonyl (C=O) groups is 2. The van der Waals surface area contributed by atoms with Gasteiger partial charge in [-0.05, 0) is 35.7 Å². The summed E-state index contributed by atoms with van der Waals surface area (Å²) >= 11 is 0. The van der Waals surface area contributed by atoms with E-state index < -0.39 is 27.8 Å². The molecule has 0 aliphatic rings. The molecule has 134 valence electrons. The first-order valence-electron chi connectivity index (χ1n) is 7.77. The average Bonchev–Trinajstić information content (AvgIpc) is 2.57. The first kappa shape index (κ1) is 18.9. The molecule has 2 aromatic rings. The van der Waals surface area contributed by atoms with E-state index in [4.69, 9.17) is 0 Å². The van der Waals surface area contributed by atoms with Crippen molar-refractivity contribution in [3.63, 3.8) is 0 Å². The van der Waals surface area contributed by atoms with Gasteiger partial charge < -0.3 is 10.1 Å². The van der Waals surface area contributed by atoms with Gasteiger partial charge in [-0.25, -0.2) is 13.2 Å². The summed E-state index contributed by atoms with van der Waals surface area (Å²) < 4.78 is 27.4. The van der Waals surface area contributed by atoms with Crippen molar-refractivity contribution >= 4 is 32.5 Å². The zero-order valence-electron chi connectivity index (χ0n) is 14.4. The van der Waals surface area contributed by atoms with Gasteiger partial charge in [0.05, 0.1) is 12.9 Å². The molecule has 6 nitrogen and oxygen atoms in total. The predicted molar refractivity (Wildman–Crippen MR) is 96.3 cm³/mol. The molecule has 0 aromatic heterocycles. The molecule has 0 aliphatic carbocycles. The van der Waals surface area contributed by atoms with Gasteiger partial charge in [-0.3, -0.25) is 4.79 Å². The Kier molecular flexibility index (Phi) is 5.79. The van der Waals surface area contributed by atoms with Crippen molar-refractivity contribution in [3.8, 4) is 0 Å². The molecular weight excluding hydrogens is 342 g/mol. The molecule has 1 atom stereocenters. The van der Waals surface area contributed by atoms with E-state index in [1.165, 1.54) is 7.11 Å². The Morgan fingerprint density at radius 2 is 1.76 bits per heavy atom. The van der Waals surface area contributed by atoms with Crippen LogP contribution in [0.4, 0.5) is 0 Å². The Hall–Kier alpha value is -2.41. The number of fused-ring (bicyclic) bond motifs is 1. The van der Waals surface area contributed by atoms with E-state index in [2.05, 4.69) is 10.1 Å². The van der Waals surface area contributed by atoms with Crippen LogP contribution in [-0.2, 0) is 19.4 Å². The van der Waals surface area contributed by atoms with Crippen LogP contribution < -0.4 is 5.32 Å². The largest absolute Gasteiger partial charge is 0.467 e. The highest BCUT2D eigenvalue weighted by atomic mass is 32.2. The third-order valence-corrected chi connectivity index (χ3v) is 4.93. The number of hydrogen-bond donors (Lipinski definition) is 1. The van der Waals surface area contributed by atoms with Crippen LogP contribution in [0, 0.1) is 6.92 Å². The van der Waals surface area contributed by atoms with E-state index in [0.29, 0.717) is 5.56 Å². The van der Waals surface area contributed by atoms with Gasteiger partial charge in [-0.15, -0.1) is 0 Å². The molecule has 25 heavy (non-hydrogen) atoms. The SMILES string of the molecule is COC(=O)[C@H](CCS(C)(=O)=O)NC(=O)c1ccc(C)c2ccccc12. The maximum atomic E-state index is 12.7. The Balaban J connectivity index is 2.29. The molecule has 2 aromatic carbocycles. The molecule has 0 aliphatic heterocycles. The Morgan fingerprint density at radius 1 is 1.12 bits per heavy atom. The predicted octanol–water partition coefficient (Wildman–Crippen LogP) is 1.85. The first-order chi connectivity index (χ1) is 11.7. The van der Waals surface area contributed by atoms with Gasteiger partial charge in [0.1, 0.15) is 15.9 Å². The summed E-state index contributed by atoms with van der Waals surface area (Å²) in [6.07, 6.45) is 1.04. The normalized spacial score (nSPS) is 12.6. The van der Waals surface area contributed by atoms with Crippen molar-refractivity contribution in [1.29, 1.82) is 0 Å². The van der Waals surface area contributed by atoms with E-state index >= 15 is 0 Å². The smallest absolute Gasteiger partial charge is 0.328 e. The van der Waals surface area contributed by atoms with Gasteiger partial charge in [0, 0.05) is 11.8 Å². The molecule has 1 N–H and O–H groups in total. The summed E-state index contributed by atoms with van der Waals surface area (Å²) in [5.74, 6) is -1.34. The Labute approximate surface area is 147 Å². The van der Waals surface area contributed by atoms with E-state index in [9.17, 15) is 18.0 Å².